The zero-order valence-electron chi connectivity index (χ0n) is 8.15. The summed E-state index contributed by atoms with van der Waals surface area (Å²) in [5, 5.41) is 11.2. The zero-order valence-corrected chi connectivity index (χ0v) is 8.15. The average Bonchev–Trinajstić information content (AvgIpc) is 2.62. The number of likely N-dealkylation sites (tertiary alicyclic amines) is 1. The van der Waals surface area contributed by atoms with E-state index in [0.717, 1.165) is 19.0 Å². The van der Waals surface area contributed by atoms with E-state index in [0.29, 0.717) is 13.2 Å². The van der Waals surface area contributed by atoms with Crippen LogP contribution in [0.15, 0.2) is 0 Å². The van der Waals surface area contributed by atoms with Crippen LogP contribution in [0.5, 0.6) is 0 Å². The molecule has 4 heteroatoms. The minimum atomic E-state index is -0.279. The number of hydroxylamine groups is 2. The molecule has 0 spiro atoms. The van der Waals surface area contributed by atoms with Crippen LogP contribution in [0.4, 0.5) is 0 Å². The molecule has 2 aliphatic heterocycles. The third-order valence-corrected chi connectivity index (χ3v) is 2.81. The summed E-state index contributed by atoms with van der Waals surface area (Å²) in [6, 6.07) is 0. The van der Waals surface area contributed by atoms with E-state index in [1.807, 2.05) is 5.06 Å². The molecular formula is C9H18N2O2. The van der Waals surface area contributed by atoms with Crippen molar-refractivity contribution in [1.29, 1.82) is 0 Å². The number of aliphatic hydroxyl groups excluding tert-OH is 1. The highest BCUT2D eigenvalue weighted by Gasteiger charge is 2.27. The fourth-order valence-corrected chi connectivity index (χ4v) is 2.12. The molecule has 2 atom stereocenters. The van der Waals surface area contributed by atoms with Gasteiger partial charge in [-0.05, 0) is 25.9 Å². The lowest BCUT2D eigenvalue weighted by atomic mass is 10.1. The van der Waals surface area contributed by atoms with Gasteiger partial charge in [-0.3, -0.25) is 4.84 Å². The maximum atomic E-state index is 9.25. The Hall–Kier alpha value is -0.160. The Morgan fingerprint density at radius 2 is 2.31 bits per heavy atom. The molecule has 2 aliphatic rings. The van der Waals surface area contributed by atoms with E-state index in [2.05, 4.69) is 11.9 Å². The predicted octanol–water partition coefficient (Wildman–Crippen LogP) is -0.454. The Morgan fingerprint density at radius 3 is 2.85 bits per heavy atom. The molecule has 0 radical (unpaired) electrons. The number of nitrogens with zero attached hydrogens (tertiary/aromatic N) is 2. The summed E-state index contributed by atoms with van der Waals surface area (Å²) in [5.74, 6) is 0.718. The molecule has 0 amide bonds. The second kappa shape index (κ2) is 3.92. The van der Waals surface area contributed by atoms with Crippen molar-refractivity contribution in [3.63, 3.8) is 0 Å². The van der Waals surface area contributed by atoms with Crippen LogP contribution >= 0.6 is 0 Å². The molecule has 2 rings (SSSR count). The molecule has 2 saturated heterocycles. The molecule has 1 unspecified atom stereocenters. The van der Waals surface area contributed by atoms with Crippen molar-refractivity contribution in [3.05, 3.63) is 0 Å². The molecule has 0 aliphatic carbocycles. The Kier molecular flexibility index (Phi) is 2.83. The van der Waals surface area contributed by atoms with Crippen LogP contribution < -0.4 is 0 Å². The third kappa shape index (κ3) is 2.40. The van der Waals surface area contributed by atoms with E-state index in [4.69, 9.17) is 4.84 Å². The van der Waals surface area contributed by atoms with Crippen molar-refractivity contribution in [2.24, 2.45) is 5.92 Å². The third-order valence-electron chi connectivity index (χ3n) is 2.81. The second-order valence-electron chi connectivity index (χ2n) is 4.21. The summed E-state index contributed by atoms with van der Waals surface area (Å²) >= 11 is 0. The van der Waals surface area contributed by atoms with Gasteiger partial charge in [-0.2, -0.15) is 5.06 Å². The topological polar surface area (TPSA) is 35.9 Å². The molecule has 0 saturated carbocycles. The Bertz CT molecular complexity index is 159. The zero-order chi connectivity index (χ0) is 9.26. The monoisotopic (exact) mass is 186 g/mol. The molecule has 0 aromatic carbocycles. The normalized spacial score (nSPS) is 37.4. The number of aliphatic hydroxyl groups is 1. The first-order chi connectivity index (χ1) is 6.24. The first-order valence-corrected chi connectivity index (χ1v) is 4.98. The van der Waals surface area contributed by atoms with Crippen molar-refractivity contribution >= 4 is 0 Å². The molecule has 76 valence electrons. The van der Waals surface area contributed by atoms with Gasteiger partial charge in [0.15, 0.2) is 0 Å². The number of hydrogen-bond acceptors (Lipinski definition) is 4. The minimum Gasteiger partial charge on any atom is -0.389 e. The van der Waals surface area contributed by atoms with E-state index < -0.39 is 0 Å². The number of rotatable bonds is 2. The second-order valence-corrected chi connectivity index (χ2v) is 4.21. The summed E-state index contributed by atoms with van der Waals surface area (Å²) in [6.07, 6.45) is 0.978. The Balaban J connectivity index is 1.72. The lowest BCUT2D eigenvalue weighted by molar-refractivity contribution is -0.118. The Labute approximate surface area is 79.0 Å². The van der Waals surface area contributed by atoms with Gasteiger partial charge in [0.1, 0.15) is 0 Å². The van der Waals surface area contributed by atoms with Crippen LogP contribution in [0.1, 0.15) is 6.42 Å². The fourth-order valence-electron chi connectivity index (χ4n) is 2.12. The van der Waals surface area contributed by atoms with E-state index in [9.17, 15) is 5.11 Å². The number of hydrogen-bond donors (Lipinski definition) is 1. The standard InChI is InChI=1S/C9H18N2O2/c1-10-3-2-8(4-10)5-11-6-9(12)7-13-11/h8-9,12H,2-7H2,1H3/t8?,9-/m0/s1. The van der Waals surface area contributed by atoms with Gasteiger partial charge >= 0.3 is 0 Å². The van der Waals surface area contributed by atoms with Crippen molar-refractivity contribution in [2.75, 3.05) is 39.8 Å². The summed E-state index contributed by atoms with van der Waals surface area (Å²) in [4.78, 5) is 7.67. The smallest absolute Gasteiger partial charge is 0.0958 e. The molecule has 2 fully saturated rings. The maximum absolute atomic E-state index is 9.25. The highest BCUT2D eigenvalue weighted by Crippen LogP contribution is 2.17. The highest BCUT2D eigenvalue weighted by molar-refractivity contribution is 4.76. The lowest BCUT2D eigenvalue weighted by Gasteiger charge is -2.18. The van der Waals surface area contributed by atoms with E-state index in [-0.39, 0.29) is 6.10 Å². The summed E-state index contributed by atoms with van der Waals surface area (Å²) in [7, 11) is 2.15. The van der Waals surface area contributed by atoms with Gasteiger partial charge < -0.3 is 10.0 Å². The van der Waals surface area contributed by atoms with Crippen LogP contribution in [0.2, 0.25) is 0 Å². The molecule has 1 N–H and O–H groups in total. The van der Waals surface area contributed by atoms with Gasteiger partial charge in [-0.15, -0.1) is 0 Å². The van der Waals surface area contributed by atoms with Crippen molar-refractivity contribution in [1.82, 2.24) is 9.96 Å². The molecule has 0 bridgehead atoms. The molecule has 0 aromatic rings. The largest absolute Gasteiger partial charge is 0.389 e. The van der Waals surface area contributed by atoms with Crippen LogP contribution in [0, 0.1) is 5.92 Å². The van der Waals surface area contributed by atoms with Crippen molar-refractivity contribution in [2.45, 2.75) is 12.5 Å². The fraction of sp³-hybridized carbons (Fsp3) is 1.00. The summed E-state index contributed by atoms with van der Waals surface area (Å²) in [6.45, 7) is 4.49. The molecule has 0 aromatic heterocycles. The SMILES string of the molecule is CN1CCC(CN2C[C@H](O)CO2)C1. The van der Waals surface area contributed by atoms with Crippen LogP contribution in [0.3, 0.4) is 0 Å². The van der Waals surface area contributed by atoms with E-state index in [1.165, 1.54) is 13.0 Å². The van der Waals surface area contributed by atoms with Gasteiger partial charge in [0.25, 0.3) is 0 Å². The number of β-amino-alcohol motifs (C(OH)–C–C–N with tert-alkyl or cyclic N) is 1. The highest BCUT2D eigenvalue weighted by atomic mass is 16.7. The van der Waals surface area contributed by atoms with Gasteiger partial charge in [-0.1, -0.05) is 0 Å². The first kappa shape index (κ1) is 9.40. The van der Waals surface area contributed by atoms with Gasteiger partial charge in [0.05, 0.1) is 19.3 Å². The van der Waals surface area contributed by atoms with Crippen LogP contribution in [-0.2, 0) is 4.84 Å². The molecule has 2 heterocycles. The maximum Gasteiger partial charge on any atom is 0.0958 e. The van der Waals surface area contributed by atoms with Crippen molar-refractivity contribution in [3.8, 4) is 0 Å². The average molecular weight is 186 g/mol. The molecule has 13 heavy (non-hydrogen) atoms. The minimum absolute atomic E-state index is 0.279. The van der Waals surface area contributed by atoms with Gasteiger partial charge in [-0.25, -0.2) is 0 Å². The summed E-state index contributed by atoms with van der Waals surface area (Å²) < 4.78 is 0. The van der Waals surface area contributed by atoms with E-state index >= 15 is 0 Å². The molecule has 4 nitrogen and oxygen atoms in total. The van der Waals surface area contributed by atoms with Crippen molar-refractivity contribution < 1.29 is 9.94 Å². The van der Waals surface area contributed by atoms with Crippen LogP contribution in [0.25, 0.3) is 0 Å². The van der Waals surface area contributed by atoms with Crippen LogP contribution in [-0.4, -0.2) is 61.0 Å². The lowest BCUT2D eigenvalue weighted by Crippen LogP contribution is -2.28. The van der Waals surface area contributed by atoms with Gasteiger partial charge in [0.2, 0.25) is 0 Å². The summed E-state index contributed by atoms with van der Waals surface area (Å²) in [5.41, 5.74) is 0. The Morgan fingerprint density at radius 1 is 1.46 bits per heavy atom. The molecular weight excluding hydrogens is 168 g/mol. The quantitative estimate of drug-likeness (QED) is 0.633. The predicted molar refractivity (Wildman–Crippen MR) is 49.1 cm³/mol. The van der Waals surface area contributed by atoms with E-state index in [1.54, 1.807) is 0 Å². The first-order valence-electron chi connectivity index (χ1n) is 4.98. The van der Waals surface area contributed by atoms with Gasteiger partial charge in [0, 0.05) is 13.1 Å².